The summed E-state index contributed by atoms with van der Waals surface area (Å²) in [5.74, 6) is 0.643. The molecule has 2 unspecified atom stereocenters. The number of aromatic nitrogens is 1. The molecule has 0 radical (unpaired) electrons. The molecule has 2 N–H and O–H groups in total. The molecule has 1 fully saturated rings. The van der Waals surface area contributed by atoms with Crippen molar-refractivity contribution >= 4 is 10.9 Å². The van der Waals surface area contributed by atoms with Gasteiger partial charge in [-0.15, -0.1) is 0 Å². The van der Waals surface area contributed by atoms with Crippen LogP contribution in [0.3, 0.4) is 0 Å². The van der Waals surface area contributed by atoms with Gasteiger partial charge >= 0.3 is 0 Å². The van der Waals surface area contributed by atoms with Crippen LogP contribution in [0.2, 0.25) is 0 Å². The molecular formula is C15H21N3. The van der Waals surface area contributed by atoms with Gasteiger partial charge in [0, 0.05) is 31.3 Å². The van der Waals surface area contributed by atoms with Crippen molar-refractivity contribution in [1.29, 1.82) is 0 Å². The van der Waals surface area contributed by atoms with E-state index in [1.807, 2.05) is 0 Å². The minimum atomic E-state index is 0.526. The van der Waals surface area contributed by atoms with Gasteiger partial charge in [0.05, 0.1) is 0 Å². The second kappa shape index (κ2) is 4.41. The third-order valence-electron chi connectivity index (χ3n) is 4.27. The number of hydrogen-bond donors (Lipinski definition) is 1. The lowest BCUT2D eigenvalue weighted by atomic mass is 9.99. The normalized spacial score (nSPS) is 25.1. The van der Waals surface area contributed by atoms with Crippen LogP contribution in [-0.2, 0) is 7.05 Å². The molecule has 2 atom stereocenters. The standard InChI is InChI=1S/C15H21N3/c1-17-6-5-12-3-4-13(8-15(12)17)14-7-11(9-16)10-18(14)2/h3-6,8,11,14H,7,9-10,16H2,1-2H3. The Morgan fingerprint density at radius 2 is 2.11 bits per heavy atom. The van der Waals surface area contributed by atoms with E-state index >= 15 is 0 Å². The highest BCUT2D eigenvalue weighted by Crippen LogP contribution is 2.34. The first kappa shape index (κ1) is 11.8. The van der Waals surface area contributed by atoms with Crippen molar-refractivity contribution in [2.75, 3.05) is 20.1 Å². The van der Waals surface area contributed by atoms with Gasteiger partial charge in [-0.1, -0.05) is 12.1 Å². The molecule has 0 spiro atoms. The maximum atomic E-state index is 5.80. The highest BCUT2D eigenvalue weighted by molar-refractivity contribution is 5.80. The second-order valence-corrected chi connectivity index (χ2v) is 5.54. The van der Waals surface area contributed by atoms with Crippen LogP contribution in [0.1, 0.15) is 18.0 Å². The number of nitrogens with zero attached hydrogens (tertiary/aromatic N) is 2. The molecule has 0 aliphatic carbocycles. The topological polar surface area (TPSA) is 34.2 Å². The Hall–Kier alpha value is -1.32. The van der Waals surface area contributed by atoms with Gasteiger partial charge < -0.3 is 10.3 Å². The van der Waals surface area contributed by atoms with Crippen LogP contribution in [-0.4, -0.2) is 29.6 Å². The van der Waals surface area contributed by atoms with Crippen molar-refractivity contribution in [2.45, 2.75) is 12.5 Å². The van der Waals surface area contributed by atoms with Crippen LogP contribution >= 0.6 is 0 Å². The van der Waals surface area contributed by atoms with E-state index in [1.54, 1.807) is 0 Å². The van der Waals surface area contributed by atoms with Crippen LogP contribution in [0.4, 0.5) is 0 Å². The summed E-state index contributed by atoms with van der Waals surface area (Å²) < 4.78 is 2.19. The van der Waals surface area contributed by atoms with Gasteiger partial charge in [0.1, 0.15) is 0 Å². The van der Waals surface area contributed by atoms with Gasteiger partial charge in [0.25, 0.3) is 0 Å². The molecule has 1 aliphatic rings. The van der Waals surface area contributed by atoms with E-state index in [-0.39, 0.29) is 0 Å². The largest absolute Gasteiger partial charge is 0.351 e. The first-order valence-corrected chi connectivity index (χ1v) is 6.64. The minimum Gasteiger partial charge on any atom is -0.351 e. The summed E-state index contributed by atoms with van der Waals surface area (Å²) in [6.45, 7) is 1.92. The summed E-state index contributed by atoms with van der Waals surface area (Å²) >= 11 is 0. The van der Waals surface area contributed by atoms with Gasteiger partial charge in [-0.05, 0) is 49.0 Å². The monoisotopic (exact) mass is 243 g/mol. The molecule has 2 aromatic rings. The number of fused-ring (bicyclic) bond motifs is 1. The fourth-order valence-electron chi connectivity index (χ4n) is 3.15. The molecule has 3 heteroatoms. The third-order valence-corrected chi connectivity index (χ3v) is 4.27. The maximum absolute atomic E-state index is 5.80. The summed E-state index contributed by atoms with van der Waals surface area (Å²) in [6.07, 6.45) is 3.30. The van der Waals surface area contributed by atoms with E-state index in [2.05, 4.69) is 54.0 Å². The number of likely N-dealkylation sites (tertiary alicyclic amines) is 1. The zero-order valence-electron chi connectivity index (χ0n) is 11.1. The molecule has 1 saturated heterocycles. The SMILES string of the molecule is CN1CC(CN)CC1c1ccc2ccn(C)c2c1. The lowest BCUT2D eigenvalue weighted by Crippen LogP contribution is -2.20. The molecule has 18 heavy (non-hydrogen) atoms. The molecule has 3 nitrogen and oxygen atoms in total. The van der Waals surface area contributed by atoms with Crippen molar-refractivity contribution in [3.8, 4) is 0 Å². The summed E-state index contributed by atoms with van der Waals surface area (Å²) in [7, 11) is 4.31. The molecule has 0 bridgehead atoms. The van der Waals surface area contributed by atoms with Crippen molar-refractivity contribution in [3.05, 3.63) is 36.0 Å². The Morgan fingerprint density at radius 3 is 2.83 bits per heavy atom. The lowest BCUT2D eigenvalue weighted by molar-refractivity contribution is 0.314. The van der Waals surface area contributed by atoms with E-state index in [1.165, 1.54) is 22.9 Å². The lowest BCUT2D eigenvalue weighted by Gasteiger charge is -2.19. The summed E-state index contributed by atoms with van der Waals surface area (Å²) in [4.78, 5) is 2.43. The summed E-state index contributed by atoms with van der Waals surface area (Å²) in [5, 5.41) is 1.32. The van der Waals surface area contributed by atoms with Gasteiger partial charge in [-0.25, -0.2) is 0 Å². The van der Waals surface area contributed by atoms with Crippen LogP contribution in [0, 0.1) is 5.92 Å². The second-order valence-electron chi connectivity index (χ2n) is 5.54. The molecule has 3 rings (SSSR count). The number of aryl methyl sites for hydroxylation is 1. The number of hydrogen-bond acceptors (Lipinski definition) is 2. The predicted molar refractivity (Wildman–Crippen MR) is 75.5 cm³/mol. The van der Waals surface area contributed by atoms with E-state index in [9.17, 15) is 0 Å². The quantitative estimate of drug-likeness (QED) is 0.876. The summed E-state index contributed by atoms with van der Waals surface area (Å²) in [6, 6.07) is 9.52. The average Bonchev–Trinajstić information content (AvgIpc) is 2.93. The van der Waals surface area contributed by atoms with Crippen LogP contribution < -0.4 is 5.73 Å². The summed E-state index contributed by atoms with van der Waals surface area (Å²) in [5.41, 5.74) is 8.54. The van der Waals surface area contributed by atoms with Gasteiger partial charge in [-0.3, -0.25) is 4.90 Å². The van der Waals surface area contributed by atoms with E-state index in [0.29, 0.717) is 12.0 Å². The van der Waals surface area contributed by atoms with Crippen LogP contribution in [0.15, 0.2) is 30.5 Å². The van der Waals surface area contributed by atoms with E-state index in [4.69, 9.17) is 5.73 Å². The van der Waals surface area contributed by atoms with Gasteiger partial charge in [-0.2, -0.15) is 0 Å². The number of nitrogens with two attached hydrogens (primary N) is 1. The molecular weight excluding hydrogens is 222 g/mol. The Bertz CT molecular complexity index is 558. The Morgan fingerprint density at radius 1 is 1.28 bits per heavy atom. The number of benzene rings is 1. The Balaban J connectivity index is 1.96. The van der Waals surface area contributed by atoms with Crippen molar-refractivity contribution in [3.63, 3.8) is 0 Å². The fourth-order valence-corrected chi connectivity index (χ4v) is 3.15. The zero-order valence-corrected chi connectivity index (χ0v) is 11.1. The molecule has 1 aromatic carbocycles. The molecule has 1 aromatic heterocycles. The first-order valence-electron chi connectivity index (χ1n) is 6.64. The van der Waals surface area contributed by atoms with Gasteiger partial charge in [0.15, 0.2) is 0 Å². The van der Waals surface area contributed by atoms with Crippen molar-refractivity contribution in [1.82, 2.24) is 9.47 Å². The Labute approximate surface area is 108 Å². The van der Waals surface area contributed by atoms with E-state index < -0.39 is 0 Å². The minimum absolute atomic E-state index is 0.526. The molecule has 0 saturated carbocycles. The molecule has 0 amide bonds. The van der Waals surface area contributed by atoms with Gasteiger partial charge in [0.2, 0.25) is 0 Å². The average molecular weight is 243 g/mol. The van der Waals surface area contributed by atoms with Crippen LogP contribution in [0.5, 0.6) is 0 Å². The third kappa shape index (κ3) is 1.84. The zero-order chi connectivity index (χ0) is 12.7. The number of rotatable bonds is 2. The van der Waals surface area contributed by atoms with Crippen molar-refractivity contribution in [2.24, 2.45) is 18.7 Å². The first-order chi connectivity index (χ1) is 8.69. The Kier molecular flexibility index (Phi) is 2.88. The molecule has 96 valence electrons. The van der Waals surface area contributed by atoms with E-state index in [0.717, 1.165) is 13.1 Å². The highest BCUT2D eigenvalue weighted by Gasteiger charge is 2.29. The molecule has 1 aliphatic heterocycles. The van der Waals surface area contributed by atoms with Crippen molar-refractivity contribution < 1.29 is 0 Å². The fraction of sp³-hybridized carbons (Fsp3) is 0.467. The predicted octanol–water partition coefficient (Wildman–Crippen LogP) is 2.13. The molecule has 2 heterocycles. The highest BCUT2D eigenvalue weighted by atomic mass is 15.2. The smallest absolute Gasteiger partial charge is 0.0481 e. The maximum Gasteiger partial charge on any atom is 0.0481 e. The van der Waals surface area contributed by atoms with Crippen LogP contribution in [0.25, 0.3) is 10.9 Å².